The number of rotatable bonds is 0. The van der Waals surface area contributed by atoms with E-state index in [1.165, 1.54) is 30.4 Å². The van der Waals surface area contributed by atoms with E-state index in [9.17, 15) is 9.59 Å². The van der Waals surface area contributed by atoms with Gasteiger partial charge in [0.05, 0.1) is 0 Å². The van der Waals surface area contributed by atoms with Crippen molar-refractivity contribution in [3.63, 3.8) is 0 Å². The minimum absolute atomic E-state index is 0.0431. The first-order valence-electron chi connectivity index (χ1n) is 11.1. The highest BCUT2D eigenvalue weighted by atomic mass is 16.6. The lowest BCUT2D eigenvalue weighted by Crippen LogP contribution is -2.57. The van der Waals surface area contributed by atoms with Crippen LogP contribution in [0.15, 0.2) is 23.3 Å². The molecule has 7 rings (SSSR count). The molecule has 3 nitrogen and oxygen atoms in total. The van der Waals surface area contributed by atoms with E-state index in [0.29, 0.717) is 41.8 Å². The van der Waals surface area contributed by atoms with Gasteiger partial charge in [0.1, 0.15) is 5.60 Å². The molecule has 5 fully saturated rings. The van der Waals surface area contributed by atoms with Gasteiger partial charge in [-0.05, 0) is 78.4 Å². The molecule has 0 radical (unpaired) electrons. The summed E-state index contributed by atoms with van der Waals surface area (Å²) in [5, 5.41) is 0. The van der Waals surface area contributed by atoms with Gasteiger partial charge in [0.25, 0.3) is 0 Å². The van der Waals surface area contributed by atoms with Crippen molar-refractivity contribution in [1.82, 2.24) is 0 Å². The Morgan fingerprint density at radius 2 is 1.93 bits per heavy atom. The Hall–Kier alpha value is -1.38. The van der Waals surface area contributed by atoms with Crippen LogP contribution in [0.2, 0.25) is 0 Å². The third-order valence-corrected chi connectivity index (χ3v) is 10.4. The Morgan fingerprint density at radius 1 is 1.07 bits per heavy atom. The van der Waals surface area contributed by atoms with Crippen LogP contribution in [0.3, 0.4) is 0 Å². The van der Waals surface area contributed by atoms with E-state index in [2.05, 4.69) is 19.9 Å². The third kappa shape index (κ3) is 1.53. The molecule has 1 aliphatic heterocycles. The molecule has 1 saturated heterocycles. The number of esters is 1. The van der Waals surface area contributed by atoms with Gasteiger partial charge in [-0.15, -0.1) is 0 Å². The normalized spacial score (nSPS) is 59.0. The molecule has 0 aromatic heterocycles. The summed E-state index contributed by atoms with van der Waals surface area (Å²) in [4.78, 5) is 24.3. The van der Waals surface area contributed by atoms with Gasteiger partial charge in [-0.2, -0.15) is 0 Å². The van der Waals surface area contributed by atoms with Crippen LogP contribution in [0.5, 0.6) is 0 Å². The Bertz CT molecular complexity index is 882. The first kappa shape index (κ1) is 15.5. The number of allylic oxidation sites excluding steroid dienone is 3. The molecule has 0 aromatic rings. The van der Waals surface area contributed by atoms with Gasteiger partial charge in [0.2, 0.25) is 0 Å². The summed E-state index contributed by atoms with van der Waals surface area (Å²) in [5.41, 5.74) is 3.08. The molecule has 3 heteroatoms. The monoisotopic (exact) mass is 364 g/mol. The molecule has 9 atom stereocenters. The molecule has 7 aliphatic rings. The minimum Gasteiger partial charge on any atom is -0.458 e. The van der Waals surface area contributed by atoms with Crippen LogP contribution in [-0.4, -0.2) is 17.4 Å². The Balaban J connectivity index is 1.34. The average molecular weight is 364 g/mol. The lowest BCUT2D eigenvalue weighted by atomic mass is 9.45. The number of hydrogen-bond donors (Lipinski definition) is 0. The molecule has 27 heavy (non-hydrogen) atoms. The van der Waals surface area contributed by atoms with Crippen molar-refractivity contribution < 1.29 is 14.3 Å². The maximum Gasteiger partial charge on any atom is 0.306 e. The van der Waals surface area contributed by atoms with Gasteiger partial charge in [-0.25, -0.2) is 0 Å². The summed E-state index contributed by atoms with van der Waals surface area (Å²) in [6, 6.07) is 0. The van der Waals surface area contributed by atoms with Crippen LogP contribution in [-0.2, 0) is 14.3 Å². The van der Waals surface area contributed by atoms with E-state index >= 15 is 0 Å². The molecular weight excluding hydrogens is 336 g/mol. The lowest BCUT2D eigenvalue weighted by Gasteiger charge is -2.60. The second-order valence-electron chi connectivity index (χ2n) is 11.1. The van der Waals surface area contributed by atoms with Crippen molar-refractivity contribution >= 4 is 11.8 Å². The minimum atomic E-state index is -0.154. The highest BCUT2D eigenvalue weighted by molar-refractivity contribution is 5.93. The van der Waals surface area contributed by atoms with E-state index in [0.717, 1.165) is 25.2 Å². The predicted octanol–water partition coefficient (Wildman–Crippen LogP) is 4.23. The molecule has 3 unspecified atom stereocenters. The standard InChI is InChI=1S/C24H28O3/c1-22-6-3-12(25)9-17(22)13-10-14(13)20-16(22)4-7-23(2)21(20)15-11-18(15)24(23)8-5-19(26)27-24/h9-10,14-16,18,20-21H,3-8,11H2,1-2H3/t14-,15+,16?,18-,20?,21?,22+,23-,24-/m0/s1. The summed E-state index contributed by atoms with van der Waals surface area (Å²) < 4.78 is 6.20. The molecule has 0 bridgehead atoms. The van der Waals surface area contributed by atoms with Crippen LogP contribution in [0.4, 0.5) is 0 Å². The maximum absolute atomic E-state index is 12.1. The summed E-state index contributed by atoms with van der Waals surface area (Å²) in [6.45, 7) is 4.92. The number of hydrogen-bond acceptors (Lipinski definition) is 3. The first-order chi connectivity index (χ1) is 12.9. The summed E-state index contributed by atoms with van der Waals surface area (Å²) in [5.74, 6) is 4.45. The van der Waals surface area contributed by atoms with Crippen molar-refractivity contribution in [1.29, 1.82) is 0 Å². The molecular formula is C24H28O3. The van der Waals surface area contributed by atoms with Gasteiger partial charge < -0.3 is 4.74 Å². The summed E-state index contributed by atoms with van der Waals surface area (Å²) >= 11 is 0. The second kappa shape index (κ2) is 4.28. The molecule has 6 aliphatic carbocycles. The fourth-order valence-corrected chi connectivity index (χ4v) is 9.23. The van der Waals surface area contributed by atoms with Gasteiger partial charge in [0, 0.05) is 30.1 Å². The van der Waals surface area contributed by atoms with Crippen molar-refractivity contribution in [2.24, 2.45) is 46.3 Å². The molecule has 1 heterocycles. The molecule has 0 amide bonds. The van der Waals surface area contributed by atoms with Gasteiger partial charge in [0.15, 0.2) is 5.78 Å². The number of carbonyl (C=O) groups excluding carboxylic acids is 2. The van der Waals surface area contributed by atoms with Crippen molar-refractivity contribution in [3.8, 4) is 0 Å². The SMILES string of the molecule is C[C@]12CCC(=O)C=C1C1=C[C@@H]1C1C2CC[C@@]2(C)C1[C@@H]1C[C@@H]1[C@@]21CCC(=O)O1. The fourth-order valence-electron chi connectivity index (χ4n) is 9.23. The van der Waals surface area contributed by atoms with Gasteiger partial charge in [-0.1, -0.05) is 19.9 Å². The van der Waals surface area contributed by atoms with Crippen molar-refractivity contribution in [3.05, 3.63) is 23.3 Å². The first-order valence-corrected chi connectivity index (χ1v) is 11.1. The number of carbonyl (C=O) groups is 2. The molecule has 0 N–H and O–H groups in total. The van der Waals surface area contributed by atoms with Crippen molar-refractivity contribution in [2.45, 2.75) is 64.4 Å². The maximum atomic E-state index is 12.1. The van der Waals surface area contributed by atoms with E-state index < -0.39 is 0 Å². The van der Waals surface area contributed by atoms with Crippen LogP contribution >= 0.6 is 0 Å². The van der Waals surface area contributed by atoms with Crippen LogP contribution in [0.1, 0.15) is 58.8 Å². The molecule has 142 valence electrons. The Kier molecular flexibility index (Phi) is 2.46. The van der Waals surface area contributed by atoms with Gasteiger partial charge in [-0.3, -0.25) is 9.59 Å². The van der Waals surface area contributed by atoms with Crippen molar-refractivity contribution in [2.75, 3.05) is 0 Å². The van der Waals surface area contributed by atoms with E-state index in [4.69, 9.17) is 4.74 Å². The van der Waals surface area contributed by atoms with E-state index in [1.807, 2.05) is 6.08 Å². The van der Waals surface area contributed by atoms with E-state index in [1.54, 1.807) is 0 Å². The number of ketones is 1. The zero-order chi connectivity index (χ0) is 18.3. The summed E-state index contributed by atoms with van der Waals surface area (Å²) in [7, 11) is 0. The lowest BCUT2D eigenvalue weighted by molar-refractivity contribution is -0.176. The highest BCUT2D eigenvalue weighted by Gasteiger charge is 2.80. The van der Waals surface area contributed by atoms with Crippen LogP contribution in [0, 0.1) is 46.3 Å². The quantitative estimate of drug-likeness (QED) is 0.604. The molecule has 0 aromatic carbocycles. The van der Waals surface area contributed by atoms with Crippen LogP contribution in [0.25, 0.3) is 0 Å². The Labute approximate surface area is 160 Å². The number of fused-ring (bicyclic) bond motifs is 12. The fraction of sp³-hybridized carbons (Fsp3) is 0.750. The Morgan fingerprint density at radius 3 is 2.70 bits per heavy atom. The predicted molar refractivity (Wildman–Crippen MR) is 99.5 cm³/mol. The zero-order valence-electron chi connectivity index (χ0n) is 16.3. The third-order valence-electron chi connectivity index (χ3n) is 10.4. The zero-order valence-corrected chi connectivity index (χ0v) is 16.3. The van der Waals surface area contributed by atoms with Gasteiger partial charge >= 0.3 is 5.97 Å². The second-order valence-corrected chi connectivity index (χ2v) is 11.1. The topological polar surface area (TPSA) is 43.4 Å². The molecule has 4 saturated carbocycles. The molecule has 1 spiro atoms. The van der Waals surface area contributed by atoms with Crippen LogP contribution < -0.4 is 0 Å². The largest absolute Gasteiger partial charge is 0.458 e. The van der Waals surface area contributed by atoms with E-state index in [-0.39, 0.29) is 22.4 Å². The highest BCUT2D eigenvalue weighted by Crippen LogP contribution is 2.81. The smallest absolute Gasteiger partial charge is 0.306 e. The number of ether oxygens (including phenoxy) is 1. The summed E-state index contributed by atoms with van der Waals surface area (Å²) in [6.07, 6.45) is 11.5. The average Bonchev–Trinajstić information content (AvgIpc) is 3.53.